The molecule has 0 aromatic carbocycles. The fraction of sp³-hybridized carbons (Fsp3) is 0.643. The maximum absolute atomic E-state index is 5.85. The van der Waals surface area contributed by atoms with Crippen LogP contribution in [0.4, 0.5) is 5.69 Å². The molecule has 2 aliphatic heterocycles. The van der Waals surface area contributed by atoms with Crippen LogP contribution in [0.25, 0.3) is 0 Å². The predicted molar refractivity (Wildman–Crippen MR) is 67.9 cm³/mol. The Morgan fingerprint density at radius 2 is 2.22 bits per heavy atom. The molecule has 1 aromatic heterocycles. The zero-order valence-electron chi connectivity index (χ0n) is 10.5. The number of rotatable bonds is 4. The molecule has 4 rings (SSSR count). The first kappa shape index (κ1) is 10.6. The minimum Gasteiger partial charge on any atom is -0.476 e. The molecule has 0 bridgehead atoms. The summed E-state index contributed by atoms with van der Waals surface area (Å²) < 4.78 is 11.2. The summed E-state index contributed by atoms with van der Waals surface area (Å²) in [5, 5.41) is 0. The van der Waals surface area contributed by atoms with Gasteiger partial charge in [-0.2, -0.15) is 0 Å². The zero-order chi connectivity index (χ0) is 12.0. The standard InChI is InChI=1S/C14H18N2O2/c1-2-12(16-7-14(8-16)9-17-10-14)13(15-5-1)18-6-11-3-4-11/h1-2,5,11H,3-4,6-10H2. The summed E-state index contributed by atoms with van der Waals surface area (Å²) in [6.07, 6.45) is 4.44. The molecule has 18 heavy (non-hydrogen) atoms. The number of anilines is 1. The highest BCUT2D eigenvalue weighted by Gasteiger charge is 2.49. The fourth-order valence-electron chi connectivity index (χ4n) is 2.72. The highest BCUT2D eigenvalue weighted by molar-refractivity contribution is 5.57. The van der Waals surface area contributed by atoms with Gasteiger partial charge < -0.3 is 14.4 Å². The third-order valence-corrected chi connectivity index (χ3v) is 4.11. The van der Waals surface area contributed by atoms with Crippen molar-refractivity contribution < 1.29 is 9.47 Å². The van der Waals surface area contributed by atoms with Crippen LogP contribution in [0, 0.1) is 11.3 Å². The molecule has 1 aromatic rings. The first-order valence-electron chi connectivity index (χ1n) is 6.75. The van der Waals surface area contributed by atoms with Gasteiger partial charge in [0.2, 0.25) is 5.88 Å². The van der Waals surface area contributed by atoms with Crippen LogP contribution in [-0.2, 0) is 4.74 Å². The second-order valence-electron chi connectivity index (χ2n) is 5.93. The van der Waals surface area contributed by atoms with E-state index in [2.05, 4.69) is 16.0 Å². The van der Waals surface area contributed by atoms with Crippen LogP contribution in [0.3, 0.4) is 0 Å². The molecule has 4 heteroatoms. The Hall–Kier alpha value is -1.29. The van der Waals surface area contributed by atoms with E-state index in [1.165, 1.54) is 12.8 Å². The van der Waals surface area contributed by atoms with Gasteiger partial charge in [-0.3, -0.25) is 0 Å². The summed E-state index contributed by atoms with van der Waals surface area (Å²) in [4.78, 5) is 6.74. The molecule has 0 N–H and O–H groups in total. The molecule has 3 aliphatic rings. The summed E-state index contributed by atoms with van der Waals surface area (Å²) in [7, 11) is 0. The van der Waals surface area contributed by atoms with E-state index in [0.29, 0.717) is 5.41 Å². The Morgan fingerprint density at radius 1 is 1.39 bits per heavy atom. The van der Waals surface area contributed by atoms with Gasteiger partial charge in [-0.1, -0.05) is 0 Å². The highest BCUT2D eigenvalue weighted by Crippen LogP contribution is 2.42. The summed E-state index contributed by atoms with van der Waals surface area (Å²) in [5.41, 5.74) is 1.58. The highest BCUT2D eigenvalue weighted by atomic mass is 16.5. The predicted octanol–water partition coefficient (Wildman–Crippen LogP) is 1.71. The molecule has 0 amide bonds. The second-order valence-corrected chi connectivity index (χ2v) is 5.93. The molecular weight excluding hydrogens is 228 g/mol. The lowest BCUT2D eigenvalue weighted by atomic mass is 9.78. The lowest BCUT2D eigenvalue weighted by Crippen LogP contribution is -2.66. The van der Waals surface area contributed by atoms with E-state index in [-0.39, 0.29) is 0 Å². The van der Waals surface area contributed by atoms with Gasteiger partial charge in [-0.05, 0) is 30.9 Å². The van der Waals surface area contributed by atoms with Crippen molar-refractivity contribution in [2.24, 2.45) is 11.3 Å². The van der Waals surface area contributed by atoms with Crippen molar-refractivity contribution in [3.8, 4) is 5.88 Å². The van der Waals surface area contributed by atoms with Crippen molar-refractivity contribution in [3.63, 3.8) is 0 Å². The van der Waals surface area contributed by atoms with E-state index in [9.17, 15) is 0 Å². The van der Waals surface area contributed by atoms with Crippen molar-refractivity contribution in [3.05, 3.63) is 18.3 Å². The molecule has 1 saturated carbocycles. The van der Waals surface area contributed by atoms with Crippen LogP contribution in [0.1, 0.15) is 12.8 Å². The number of pyridine rings is 1. The van der Waals surface area contributed by atoms with E-state index in [4.69, 9.17) is 9.47 Å². The van der Waals surface area contributed by atoms with E-state index < -0.39 is 0 Å². The van der Waals surface area contributed by atoms with Gasteiger partial charge in [0.25, 0.3) is 0 Å². The van der Waals surface area contributed by atoms with Crippen LogP contribution < -0.4 is 9.64 Å². The van der Waals surface area contributed by atoms with Crippen LogP contribution in [-0.4, -0.2) is 37.9 Å². The quantitative estimate of drug-likeness (QED) is 0.810. The first-order valence-corrected chi connectivity index (χ1v) is 6.75. The summed E-state index contributed by atoms with van der Waals surface area (Å²) in [6.45, 7) is 4.83. The number of hydrogen-bond donors (Lipinski definition) is 0. The van der Waals surface area contributed by atoms with Gasteiger partial charge in [0, 0.05) is 19.3 Å². The molecule has 1 aliphatic carbocycles. The largest absolute Gasteiger partial charge is 0.476 e. The third kappa shape index (κ3) is 1.75. The van der Waals surface area contributed by atoms with Crippen molar-refractivity contribution >= 4 is 5.69 Å². The maximum atomic E-state index is 5.85. The van der Waals surface area contributed by atoms with Crippen LogP contribution in [0.15, 0.2) is 18.3 Å². The Bertz CT molecular complexity index is 447. The maximum Gasteiger partial charge on any atom is 0.237 e. The fourth-order valence-corrected chi connectivity index (χ4v) is 2.72. The topological polar surface area (TPSA) is 34.6 Å². The van der Waals surface area contributed by atoms with Gasteiger partial charge in [0.1, 0.15) is 0 Å². The normalized spacial score (nSPS) is 24.6. The lowest BCUT2D eigenvalue weighted by Gasteiger charge is -2.55. The second kappa shape index (κ2) is 3.85. The Balaban J connectivity index is 1.46. The van der Waals surface area contributed by atoms with Crippen molar-refractivity contribution in [1.29, 1.82) is 0 Å². The zero-order valence-corrected chi connectivity index (χ0v) is 10.5. The smallest absolute Gasteiger partial charge is 0.237 e. The number of ether oxygens (including phenoxy) is 2. The monoisotopic (exact) mass is 246 g/mol. The lowest BCUT2D eigenvalue weighted by molar-refractivity contribution is -0.127. The molecule has 0 radical (unpaired) electrons. The molecule has 96 valence electrons. The van der Waals surface area contributed by atoms with Crippen molar-refractivity contribution in [2.45, 2.75) is 12.8 Å². The number of hydrogen-bond acceptors (Lipinski definition) is 4. The SMILES string of the molecule is c1cnc(OCC2CC2)c(N2CC3(COC3)C2)c1. The Morgan fingerprint density at radius 3 is 2.89 bits per heavy atom. The molecule has 1 spiro atoms. The van der Waals surface area contributed by atoms with Crippen LogP contribution >= 0.6 is 0 Å². The minimum atomic E-state index is 0.434. The molecule has 3 fully saturated rings. The molecular formula is C14H18N2O2. The summed E-state index contributed by atoms with van der Waals surface area (Å²) in [5.74, 6) is 1.57. The van der Waals surface area contributed by atoms with Gasteiger partial charge in [-0.25, -0.2) is 4.98 Å². The van der Waals surface area contributed by atoms with Crippen molar-refractivity contribution in [2.75, 3.05) is 37.8 Å². The first-order chi connectivity index (χ1) is 8.85. The van der Waals surface area contributed by atoms with E-state index >= 15 is 0 Å². The van der Waals surface area contributed by atoms with E-state index in [1.807, 2.05) is 12.3 Å². The van der Waals surface area contributed by atoms with Crippen LogP contribution in [0.5, 0.6) is 5.88 Å². The molecule has 0 unspecified atom stereocenters. The summed E-state index contributed by atoms with van der Waals surface area (Å²) >= 11 is 0. The Labute approximate surface area is 107 Å². The minimum absolute atomic E-state index is 0.434. The Kier molecular flexibility index (Phi) is 2.27. The average molecular weight is 246 g/mol. The molecule has 3 heterocycles. The van der Waals surface area contributed by atoms with Gasteiger partial charge in [0.05, 0.1) is 30.9 Å². The van der Waals surface area contributed by atoms with Gasteiger partial charge in [0.15, 0.2) is 0 Å². The molecule has 2 saturated heterocycles. The van der Waals surface area contributed by atoms with Crippen LogP contribution in [0.2, 0.25) is 0 Å². The number of nitrogens with zero attached hydrogens (tertiary/aromatic N) is 2. The third-order valence-electron chi connectivity index (χ3n) is 4.11. The van der Waals surface area contributed by atoms with E-state index in [0.717, 1.165) is 50.4 Å². The van der Waals surface area contributed by atoms with E-state index in [1.54, 1.807) is 0 Å². The summed E-state index contributed by atoms with van der Waals surface area (Å²) in [6, 6.07) is 4.10. The van der Waals surface area contributed by atoms with Gasteiger partial charge >= 0.3 is 0 Å². The molecule has 4 nitrogen and oxygen atoms in total. The molecule has 0 atom stereocenters. The number of aromatic nitrogens is 1. The van der Waals surface area contributed by atoms with Gasteiger partial charge in [-0.15, -0.1) is 0 Å². The van der Waals surface area contributed by atoms with Crippen molar-refractivity contribution in [1.82, 2.24) is 4.98 Å². The average Bonchev–Trinajstić information content (AvgIpc) is 3.08.